The average Bonchev–Trinajstić information content (AvgIpc) is 2.93. The van der Waals surface area contributed by atoms with Crippen LogP contribution in [0.4, 0.5) is 0 Å². The third-order valence-electron chi connectivity index (χ3n) is 3.77. The predicted octanol–water partition coefficient (Wildman–Crippen LogP) is 2.21. The van der Waals surface area contributed by atoms with E-state index in [4.69, 9.17) is 4.74 Å². The standard InChI is InChI=1S/C15H24N2O2/c1-15(2,3)13-11(7-9-19-13)10-16-14(18)12-6-5-8-17(12)4/h5-6,8,11,13H,7,9-10H2,1-4H3,(H,16,18)/t11-,13+/m1/s1. The average molecular weight is 264 g/mol. The fraction of sp³-hybridized carbons (Fsp3) is 0.667. The van der Waals surface area contributed by atoms with Gasteiger partial charge in [0.25, 0.3) is 5.91 Å². The molecule has 1 aliphatic heterocycles. The molecule has 4 nitrogen and oxygen atoms in total. The zero-order valence-corrected chi connectivity index (χ0v) is 12.3. The minimum absolute atomic E-state index is 0.00735. The van der Waals surface area contributed by atoms with Crippen molar-refractivity contribution in [2.45, 2.75) is 33.3 Å². The Bertz CT molecular complexity index is 445. The number of nitrogens with one attached hydrogen (secondary N) is 1. The van der Waals surface area contributed by atoms with E-state index in [0.29, 0.717) is 18.2 Å². The molecule has 1 N–H and O–H groups in total. The highest BCUT2D eigenvalue weighted by Crippen LogP contribution is 2.34. The maximum atomic E-state index is 12.1. The maximum Gasteiger partial charge on any atom is 0.267 e. The van der Waals surface area contributed by atoms with Gasteiger partial charge in [-0.15, -0.1) is 0 Å². The van der Waals surface area contributed by atoms with E-state index in [1.807, 2.05) is 29.9 Å². The van der Waals surface area contributed by atoms with Gasteiger partial charge in [-0.1, -0.05) is 20.8 Å². The van der Waals surface area contributed by atoms with Crippen LogP contribution in [0.2, 0.25) is 0 Å². The summed E-state index contributed by atoms with van der Waals surface area (Å²) >= 11 is 0. The van der Waals surface area contributed by atoms with Crippen molar-refractivity contribution in [1.29, 1.82) is 0 Å². The molecule has 0 saturated carbocycles. The van der Waals surface area contributed by atoms with Crippen molar-refractivity contribution in [3.05, 3.63) is 24.0 Å². The number of nitrogens with zero attached hydrogens (tertiary/aromatic N) is 1. The van der Waals surface area contributed by atoms with Crippen molar-refractivity contribution >= 4 is 5.91 Å². The van der Waals surface area contributed by atoms with Crippen molar-refractivity contribution in [3.8, 4) is 0 Å². The SMILES string of the molecule is Cn1cccc1C(=O)NC[C@H]1CCO[C@@H]1C(C)(C)C. The number of aryl methyl sites for hydroxylation is 1. The Morgan fingerprint density at radius 1 is 1.53 bits per heavy atom. The summed E-state index contributed by atoms with van der Waals surface area (Å²) in [6, 6.07) is 3.72. The Labute approximate surface area is 115 Å². The summed E-state index contributed by atoms with van der Waals surface area (Å²) < 4.78 is 7.66. The molecule has 1 aliphatic rings. The molecular weight excluding hydrogens is 240 g/mol. The third kappa shape index (κ3) is 3.18. The molecule has 0 unspecified atom stereocenters. The van der Waals surface area contributed by atoms with E-state index < -0.39 is 0 Å². The Kier molecular flexibility index (Phi) is 3.99. The Morgan fingerprint density at radius 3 is 2.84 bits per heavy atom. The molecular formula is C15H24N2O2. The third-order valence-corrected chi connectivity index (χ3v) is 3.77. The van der Waals surface area contributed by atoms with Gasteiger partial charge in [-0.3, -0.25) is 4.79 Å². The second-order valence-electron chi connectivity index (χ2n) is 6.42. The lowest BCUT2D eigenvalue weighted by Gasteiger charge is -2.31. The van der Waals surface area contributed by atoms with Gasteiger partial charge in [0.2, 0.25) is 0 Å². The van der Waals surface area contributed by atoms with Gasteiger partial charge in [0.1, 0.15) is 5.69 Å². The molecule has 19 heavy (non-hydrogen) atoms. The number of amides is 1. The molecule has 2 rings (SSSR count). The van der Waals surface area contributed by atoms with Gasteiger partial charge in [0.15, 0.2) is 0 Å². The summed E-state index contributed by atoms with van der Waals surface area (Å²) in [4.78, 5) is 12.1. The lowest BCUT2D eigenvalue weighted by Crippen LogP contribution is -2.39. The number of ether oxygens (including phenoxy) is 1. The second-order valence-corrected chi connectivity index (χ2v) is 6.42. The molecule has 106 valence electrons. The van der Waals surface area contributed by atoms with Crippen LogP contribution in [0, 0.1) is 11.3 Å². The molecule has 2 atom stereocenters. The van der Waals surface area contributed by atoms with E-state index in [1.165, 1.54) is 0 Å². The minimum Gasteiger partial charge on any atom is -0.377 e. The van der Waals surface area contributed by atoms with Gasteiger partial charge in [-0.25, -0.2) is 0 Å². The van der Waals surface area contributed by atoms with Crippen LogP contribution in [0.1, 0.15) is 37.7 Å². The molecule has 2 heterocycles. The fourth-order valence-corrected chi connectivity index (χ4v) is 2.81. The second kappa shape index (κ2) is 5.37. The van der Waals surface area contributed by atoms with Crippen LogP contribution >= 0.6 is 0 Å². The predicted molar refractivity (Wildman–Crippen MR) is 75.0 cm³/mol. The molecule has 0 radical (unpaired) electrons. The minimum atomic E-state index is -0.00735. The van der Waals surface area contributed by atoms with Crippen molar-refractivity contribution < 1.29 is 9.53 Å². The monoisotopic (exact) mass is 264 g/mol. The summed E-state index contributed by atoms with van der Waals surface area (Å²) in [7, 11) is 1.88. The summed E-state index contributed by atoms with van der Waals surface area (Å²) in [5, 5.41) is 3.03. The number of carbonyl (C=O) groups is 1. The van der Waals surface area contributed by atoms with Gasteiger partial charge >= 0.3 is 0 Å². The molecule has 1 aromatic rings. The number of rotatable bonds is 3. The maximum absolute atomic E-state index is 12.1. The van der Waals surface area contributed by atoms with Crippen molar-refractivity contribution in [2.24, 2.45) is 18.4 Å². The Morgan fingerprint density at radius 2 is 2.26 bits per heavy atom. The van der Waals surface area contributed by atoms with Crippen molar-refractivity contribution in [1.82, 2.24) is 9.88 Å². The molecule has 0 bridgehead atoms. The first kappa shape index (κ1) is 14.1. The van der Waals surface area contributed by atoms with Crippen molar-refractivity contribution in [3.63, 3.8) is 0 Å². The molecule has 0 aliphatic carbocycles. The Balaban J connectivity index is 1.92. The fourth-order valence-electron chi connectivity index (χ4n) is 2.81. The number of aromatic nitrogens is 1. The molecule has 1 amide bonds. The molecule has 0 spiro atoms. The molecule has 1 saturated heterocycles. The van der Waals surface area contributed by atoms with Crippen LogP contribution in [0.5, 0.6) is 0 Å². The summed E-state index contributed by atoms with van der Waals surface area (Å²) in [6.07, 6.45) is 3.13. The lowest BCUT2D eigenvalue weighted by molar-refractivity contribution is 0.00735. The van der Waals surface area contributed by atoms with Crippen LogP contribution in [0.15, 0.2) is 18.3 Å². The highest BCUT2D eigenvalue weighted by Gasteiger charge is 2.37. The Hall–Kier alpha value is -1.29. The molecule has 1 fully saturated rings. The summed E-state index contributed by atoms with van der Waals surface area (Å²) in [6.45, 7) is 8.05. The molecule has 4 heteroatoms. The van der Waals surface area contributed by atoms with Gasteiger partial charge < -0.3 is 14.6 Å². The highest BCUT2D eigenvalue weighted by molar-refractivity contribution is 5.92. The van der Waals surface area contributed by atoms with E-state index in [-0.39, 0.29) is 17.4 Å². The van der Waals surface area contributed by atoms with E-state index in [1.54, 1.807) is 0 Å². The van der Waals surface area contributed by atoms with Gasteiger partial charge in [0, 0.05) is 32.3 Å². The highest BCUT2D eigenvalue weighted by atomic mass is 16.5. The zero-order valence-electron chi connectivity index (χ0n) is 12.3. The smallest absolute Gasteiger partial charge is 0.267 e. The molecule has 0 aromatic carbocycles. The van der Waals surface area contributed by atoms with E-state index in [0.717, 1.165) is 13.0 Å². The summed E-state index contributed by atoms with van der Waals surface area (Å²) in [5.41, 5.74) is 0.822. The first-order chi connectivity index (χ1) is 8.89. The van der Waals surface area contributed by atoms with Gasteiger partial charge in [0.05, 0.1) is 6.10 Å². The number of hydrogen-bond donors (Lipinski definition) is 1. The summed E-state index contributed by atoms with van der Waals surface area (Å²) in [5.74, 6) is 0.399. The first-order valence-corrected chi connectivity index (χ1v) is 6.90. The topological polar surface area (TPSA) is 43.3 Å². The lowest BCUT2D eigenvalue weighted by atomic mass is 9.81. The van der Waals surface area contributed by atoms with E-state index >= 15 is 0 Å². The van der Waals surface area contributed by atoms with E-state index in [9.17, 15) is 4.79 Å². The van der Waals surface area contributed by atoms with Crippen LogP contribution in [0.25, 0.3) is 0 Å². The number of carbonyl (C=O) groups excluding carboxylic acids is 1. The quantitative estimate of drug-likeness (QED) is 0.909. The van der Waals surface area contributed by atoms with Crippen LogP contribution in [-0.2, 0) is 11.8 Å². The van der Waals surface area contributed by atoms with Gasteiger partial charge in [-0.2, -0.15) is 0 Å². The van der Waals surface area contributed by atoms with Crippen LogP contribution in [-0.4, -0.2) is 29.7 Å². The van der Waals surface area contributed by atoms with E-state index in [2.05, 4.69) is 26.1 Å². The van der Waals surface area contributed by atoms with Crippen LogP contribution < -0.4 is 5.32 Å². The largest absolute Gasteiger partial charge is 0.377 e. The first-order valence-electron chi connectivity index (χ1n) is 6.90. The van der Waals surface area contributed by atoms with Crippen LogP contribution in [0.3, 0.4) is 0 Å². The van der Waals surface area contributed by atoms with Crippen molar-refractivity contribution in [2.75, 3.05) is 13.2 Å². The number of hydrogen-bond acceptors (Lipinski definition) is 2. The molecule has 1 aromatic heterocycles. The van der Waals surface area contributed by atoms with Gasteiger partial charge in [-0.05, 0) is 24.0 Å². The zero-order chi connectivity index (χ0) is 14.0. The normalized spacial score (nSPS) is 23.6.